The van der Waals surface area contributed by atoms with Gasteiger partial charge in [-0.3, -0.25) is 4.68 Å². The Hall–Kier alpha value is -0.680. The number of hydrogen-bond donors (Lipinski definition) is 1. The highest BCUT2D eigenvalue weighted by molar-refractivity contribution is 8.00. The van der Waals surface area contributed by atoms with Gasteiger partial charge in [0.15, 0.2) is 0 Å². The SMILES string of the molecule is CCn1nc(C)c(N)c1SC1CCOC1C. The number of nitrogens with zero attached hydrogens (tertiary/aromatic N) is 2. The van der Waals surface area contributed by atoms with E-state index in [1.165, 1.54) is 0 Å². The molecule has 1 aromatic rings. The molecule has 2 atom stereocenters. The number of anilines is 1. The van der Waals surface area contributed by atoms with Crippen molar-refractivity contribution in [3.8, 4) is 0 Å². The minimum Gasteiger partial charge on any atom is -0.395 e. The molecule has 2 rings (SSSR count). The first-order valence-electron chi connectivity index (χ1n) is 5.74. The molecule has 16 heavy (non-hydrogen) atoms. The van der Waals surface area contributed by atoms with Gasteiger partial charge in [0.25, 0.3) is 0 Å². The van der Waals surface area contributed by atoms with Crippen molar-refractivity contribution < 1.29 is 4.74 Å². The minimum absolute atomic E-state index is 0.310. The Balaban J connectivity index is 2.19. The molecule has 2 heterocycles. The summed E-state index contributed by atoms with van der Waals surface area (Å²) in [7, 11) is 0. The number of hydrogen-bond acceptors (Lipinski definition) is 4. The van der Waals surface area contributed by atoms with E-state index in [2.05, 4.69) is 18.9 Å². The van der Waals surface area contributed by atoms with Gasteiger partial charge in [-0.05, 0) is 27.2 Å². The quantitative estimate of drug-likeness (QED) is 0.880. The van der Waals surface area contributed by atoms with Crippen LogP contribution < -0.4 is 5.73 Å². The number of nitrogens with two attached hydrogens (primary N) is 1. The minimum atomic E-state index is 0.310. The molecule has 0 saturated carbocycles. The van der Waals surface area contributed by atoms with Gasteiger partial charge in [0, 0.05) is 18.4 Å². The Bertz CT molecular complexity index is 378. The molecule has 1 saturated heterocycles. The predicted octanol–water partition coefficient (Wildman–Crippen LogP) is 2.06. The fourth-order valence-electron chi connectivity index (χ4n) is 1.92. The van der Waals surface area contributed by atoms with Crippen LogP contribution in [0, 0.1) is 6.92 Å². The molecule has 1 aliphatic heterocycles. The standard InChI is InChI=1S/C11H19N3OS/c1-4-14-11(10(12)7(2)13-14)16-9-5-6-15-8(9)3/h8-9H,4-6,12H2,1-3H3. The summed E-state index contributed by atoms with van der Waals surface area (Å²) < 4.78 is 7.55. The molecular formula is C11H19N3OS. The average molecular weight is 241 g/mol. The van der Waals surface area contributed by atoms with Crippen molar-refractivity contribution in [3.05, 3.63) is 5.69 Å². The number of thioether (sulfide) groups is 1. The number of aryl methyl sites for hydroxylation is 2. The molecule has 0 radical (unpaired) electrons. The van der Waals surface area contributed by atoms with E-state index in [0.29, 0.717) is 11.4 Å². The van der Waals surface area contributed by atoms with Gasteiger partial charge in [-0.25, -0.2) is 0 Å². The fourth-order valence-corrected chi connectivity index (χ4v) is 3.26. The van der Waals surface area contributed by atoms with Crippen molar-refractivity contribution >= 4 is 17.4 Å². The zero-order valence-electron chi connectivity index (χ0n) is 10.1. The van der Waals surface area contributed by atoms with Crippen molar-refractivity contribution in [2.75, 3.05) is 12.3 Å². The molecule has 0 aliphatic carbocycles. The van der Waals surface area contributed by atoms with Gasteiger partial charge in [-0.2, -0.15) is 5.10 Å². The second kappa shape index (κ2) is 4.67. The molecule has 1 fully saturated rings. The fraction of sp³-hybridized carbons (Fsp3) is 0.727. The van der Waals surface area contributed by atoms with Crippen LogP contribution in [0.1, 0.15) is 26.0 Å². The summed E-state index contributed by atoms with van der Waals surface area (Å²) in [5.74, 6) is 0. The van der Waals surface area contributed by atoms with Gasteiger partial charge in [0.2, 0.25) is 0 Å². The van der Waals surface area contributed by atoms with Gasteiger partial charge in [-0.1, -0.05) is 11.8 Å². The Morgan fingerprint density at radius 2 is 2.38 bits per heavy atom. The molecule has 0 bridgehead atoms. The first kappa shape index (κ1) is 11.8. The summed E-state index contributed by atoms with van der Waals surface area (Å²) in [4.78, 5) is 0. The van der Waals surface area contributed by atoms with Crippen LogP contribution in [0.25, 0.3) is 0 Å². The normalized spacial score (nSPS) is 25.2. The number of ether oxygens (including phenoxy) is 1. The molecule has 0 spiro atoms. The van der Waals surface area contributed by atoms with E-state index in [9.17, 15) is 0 Å². The maximum Gasteiger partial charge on any atom is 0.118 e. The van der Waals surface area contributed by atoms with Crippen molar-refractivity contribution in [1.82, 2.24) is 9.78 Å². The molecule has 1 aromatic heterocycles. The second-order valence-electron chi connectivity index (χ2n) is 4.14. The third kappa shape index (κ3) is 2.06. The molecular weight excluding hydrogens is 222 g/mol. The van der Waals surface area contributed by atoms with Crippen LogP contribution in [0.2, 0.25) is 0 Å². The maximum absolute atomic E-state index is 6.06. The van der Waals surface area contributed by atoms with E-state index in [1.807, 2.05) is 23.4 Å². The van der Waals surface area contributed by atoms with Crippen molar-refractivity contribution in [2.24, 2.45) is 0 Å². The monoisotopic (exact) mass is 241 g/mol. The van der Waals surface area contributed by atoms with Gasteiger partial charge in [-0.15, -0.1) is 0 Å². The highest BCUT2D eigenvalue weighted by atomic mass is 32.2. The van der Waals surface area contributed by atoms with Crippen LogP contribution in [-0.2, 0) is 11.3 Å². The Morgan fingerprint density at radius 3 is 2.94 bits per heavy atom. The lowest BCUT2D eigenvalue weighted by atomic mass is 10.3. The summed E-state index contributed by atoms with van der Waals surface area (Å²) >= 11 is 1.81. The maximum atomic E-state index is 6.06. The molecule has 4 nitrogen and oxygen atoms in total. The lowest BCUT2D eigenvalue weighted by Gasteiger charge is -2.14. The van der Waals surface area contributed by atoms with Crippen molar-refractivity contribution in [2.45, 2.75) is 50.1 Å². The summed E-state index contributed by atoms with van der Waals surface area (Å²) in [6, 6.07) is 0. The summed E-state index contributed by atoms with van der Waals surface area (Å²) in [5.41, 5.74) is 7.81. The highest BCUT2D eigenvalue weighted by Crippen LogP contribution is 2.36. The van der Waals surface area contributed by atoms with E-state index >= 15 is 0 Å². The van der Waals surface area contributed by atoms with Crippen LogP contribution >= 0.6 is 11.8 Å². The zero-order chi connectivity index (χ0) is 11.7. The lowest BCUT2D eigenvalue weighted by Crippen LogP contribution is -2.14. The Labute approximate surface area is 101 Å². The Kier molecular flexibility index (Phi) is 3.44. The van der Waals surface area contributed by atoms with Crippen LogP contribution in [0.5, 0.6) is 0 Å². The summed E-state index contributed by atoms with van der Waals surface area (Å²) in [5, 5.41) is 6.03. The third-order valence-electron chi connectivity index (χ3n) is 2.99. The highest BCUT2D eigenvalue weighted by Gasteiger charge is 2.27. The third-order valence-corrected chi connectivity index (χ3v) is 4.57. The largest absolute Gasteiger partial charge is 0.395 e. The molecule has 0 amide bonds. The van der Waals surface area contributed by atoms with Crippen LogP contribution in [0.3, 0.4) is 0 Å². The predicted molar refractivity (Wildman–Crippen MR) is 66.7 cm³/mol. The molecule has 5 heteroatoms. The van der Waals surface area contributed by atoms with Gasteiger partial charge in [0.05, 0.1) is 17.5 Å². The number of aromatic nitrogens is 2. The van der Waals surface area contributed by atoms with Crippen molar-refractivity contribution in [1.29, 1.82) is 0 Å². The number of rotatable bonds is 3. The topological polar surface area (TPSA) is 53.1 Å². The van der Waals surface area contributed by atoms with Gasteiger partial charge in [0.1, 0.15) is 5.03 Å². The van der Waals surface area contributed by atoms with Crippen LogP contribution in [0.15, 0.2) is 5.03 Å². The van der Waals surface area contributed by atoms with E-state index in [0.717, 1.165) is 36.0 Å². The first-order chi connectivity index (χ1) is 7.63. The van der Waals surface area contributed by atoms with Crippen LogP contribution in [-0.4, -0.2) is 27.7 Å². The van der Waals surface area contributed by atoms with Crippen molar-refractivity contribution in [3.63, 3.8) is 0 Å². The van der Waals surface area contributed by atoms with E-state index in [4.69, 9.17) is 10.5 Å². The summed E-state index contributed by atoms with van der Waals surface area (Å²) in [6.45, 7) is 7.89. The average Bonchev–Trinajstić information content (AvgIpc) is 2.78. The van der Waals surface area contributed by atoms with Gasteiger partial charge >= 0.3 is 0 Å². The second-order valence-corrected chi connectivity index (χ2v) is 5.37. The lowest BCUT2D eigenvalue weighted by molar-refractivity contribution is 0.127. The molecule has 2 unspecified atom stereocenters. The first-order valence-corrected chi connectivity index (χ1v) is 6.62. The molecule has 2 N–H and O–H groups in total. The number of nitrogen functional groups attached to an aromatic ring is 1. The molecule has 1 aliphatic rings. The van der Waals surface area contributed by atoms with E-state index < -0.39 is 0 Å². The van der Waals surface area contributed by atoms with E-state index in [1.54, 1.807) is 0 Å². The van der Waals surface area contributed by atoms with E-state index in [-0.39, 0.29) is 0 Å². The smallest absolute Gasteiger partial charge is 0.118 e. The summed E-state index contributed by atoms with van der Waals surface area (Å²) in [6.07, 6.45) is 1.41. The van der Waals surface area contributed by atoms with Crippen LogP contribution in [0.4, 0.5) is 5.69 Å². The molecule has 0 aromatic carbocycles. The zero-order valence-corrected chi connectivity index (χ0v) is 10.9. The molecule has 90 valence electrons. The Morgan fingerprint density at radius 1 is 1.62 bits per heavy atom. The van der Waals surface area contributed by atoms with Gasteiger partial charge < -0.3 is 10.5 Å².